The highest BCUT2D eigenvalue weighted by Crippen LogP contribution is 2.25. The van der Waals surface area contributed by atoms with Gasteiger partial charge >= 0.3 is 5.97 Å². The van der Waals surface area contributed by atoms with Crippen LogP contribution in [0.1, 0.15) is 36.1 Å². The van der Waals surface area contributed by atoms with Gasteiger partial charge in [-0.2, -0.15) is 0 Å². The van der Waals surface area contributed by atoms with E-state index < -0.39 is 5.97 Å². The van der Waals surface area contributed by atoms with Crippen molar-refractivity contribution in [2.75, 3.05) is 0 Å². The quantitative estimate of drug-likeness (QED) is 0.842. The van der Waals surface area contributed by atoms with Crippen molar-refractivity contribution in [1.82, 2.24) is 9.55 Å². The fourth-order valence-electron chi connectivity index (χ4n) is 1.57. The smallest absolute Gasteiger partial charge is 0.371 e. The van der Waals surface area contributed by atoms with Crippen molar-refractivity contribution in [2.45, 2.75) is 30.7 Å². The second kappa shape index (κ2) is 5.30. The molecule has 0 fully saturated rings. The van der Waals surface area contributed by atoms with Crippen LogP contribution in [0.15, 0.2) is 34.2 Å². The minimum atomic E-state index is -1.05. The first-order chi connectivity index (χ1) is 8.58. The van der Waals surface area contributed by atoms with E-state index in [4.69, 9.17) is 9.52 Å². The van der Waals surface area contributed by atoms with Gasteiger partial charge in [-0.25, -0.2) is 9.78 Å². The number of nitrogens with zero attached hydrogens (tertiary/aromatic N) is 2. The molecule has 0 saturated carbocycles. The number of carboxylic acids is 1. The summed E-state index contributed by atoms with van der Waals surface area (Å²) in [6.45, 7) is 4.18. The first kappa shape index (κ1) is 12.8. The Kier molecular flexibility index (Phi) is 3.76. The van der Waals surface area contributed by atoms with Gasteiger partial charge in [-0.05, 0) is 26.0 Å². The third-order valence-corrected chi connectivity index (χ3v) is 3.40. The highest BCUT2D eigenvalue weighted by molar-refractivity contribution is 7.98. The summed E-state index contributed by atoms with van der Waals surface area (Å²) in [4.78, 5) is 14.8. The molecule has 0 saturated heterocycles. The van der Waals surface area contributed by atoms with Gasteiger partial charge in [-0.3, -0.25) is 0 Å². The lowest BCUT2D eigenvalue weighted by Gasteiger charge is -2.10. The maximum atomic E-state index is 10.7. The Balaban J connectivity index is 2.02. The van der Waals surface area contributed by atoms with E-state index in [-0.39, 0.29) is 5.76 Å². The van der Waals surface area contributed by atoms with E-state index in [0.717, 1.165) is 5.69 Å². The maximum Gasteiger partial charge on any atom is 0.371 e. The van der Waals surface area contributed by atoms with Crippen molar-refractivity contribution in [3.05, 3.63) is 36.1 Å². The van der Waals surface area contributed by atoms with Gasteiger partial charge < -0.3 is 14.1 Å². The van der Waals surface area contributed by atoms with Crippen molar-refractivity contribution >= 4 is 17.7 Å². The summed E-state index contributed by atoms with van der Waals surface area (Å²) in [6.07, 6.45) is 3.61. The van der Waals surface area contributed by atoms with Crippen molar-refractivity contribution in [1.29, 1.82) is 0 Å². The van der Waals surface area contributed by atoms with Gasteiger partial charge in [0.1, 0.15) is 0 Å². The van der Waals surface area contributed by atoms with Crippen molar-refractivity contribution in [3.8, 4) is 0 Å². The van der Waals surface area contributed by atoms with Crippen LogP contribution in [0, 0.1) is 0 Å². The van der Waals surface area contributed by atoms with Gasteiger partial charge in [0.05, 0.1) is 6.33 Å². The van der Waals surface area contributed by atoms with Crippen LogP contribution in [0.3, 0.4) is 0 Å². The summed E-state index contributed by atoms with van der Waals surface area (Å²) in [5.74, 6) is -0.381. The molecular formula is C12H14N2O3S. The van der Waals surface area contributed by atoms with Gasteiger partial charge in [0.15, 0.2) is 5.09 Å². The predicted octanol–water partition coefficient (Wildman–Crippen LogP) is 3.05. The number of aromatic carboxylic acids is 1. The van der Waals surface area contributed by atoms with Crippen LogP contribution in [0.25, 0.3) is 0 Å². The molecular weight excluding hydrogens is 252 g/mol. The lowest BCUT2D eigenvalue weighted by molar-refractivity contribution is 0.0656. The molecule has 1 N–H and O–H groups in total. The molecule has 6 heteroatoms. The van der Waals surface area contributed by atoms with Gasteiger partial charge in [-0.15, -0.1) is 0 Å². The number of carboxylic acid groups (broad SMARTS) is 1. The van der Waals surface area contributed by atoms with Crippen LogP contribution in [0.2, 0.25) is 0 Å². The van der Waals surface area contributed by atoms with Crippen molar-refractivity contribution in [3.63, 3.8) is 0 Å². The Labute approximate surface area is 109 Å². The second-order valence-corrected chi connectivity index (χ2v) is 5.08. The molecule has 96 valence electrons. The number of imidazole rings is 1. The molecule has 0 unspecified atom stereocenters. The van der Waals surface area contributed by atoms with E-state index in [1.165, 1.54) is 17.8 Å². The van der Waals surface area contributed by atoms with Crippen LogP contribution in [-0.2, 0) is 5.75 Å². The highest BCUT2D eigenvalue weighted by Gasteiger charge is 2.11. The average molecular weight is 266 g/mol. The van der Waals surface area contributed by atoms with Crippen molar-refractivity contribution in [2.24, 2.45) is 0 Å². The standard InChI is InChI=1S/C12H14N2O3S/c1-8(2)14-7-13-5-9(14)6-18-11-4-3-10(17-11)12(15)16/h3-5,7-8H,6H2,1-2H3,(H,15,16). The molecule has 5 nitrogen and oxygen atoms in total. The Hall–Kier alpha value is -1.69. The molecule has 2 rings (SSSR count). The zero-order chi connectivity index (χ0) is 13.1. The zero-order valence-electron chi connectivity index (χ0n) is 10.2. The molecule has 0 atom stereocenters. The lowest BCUT2D eigenvalue weighted by atomic mass is 10.4. The Morgan fingerprint density at radius 1 is 1.56 bits per heavy atom. The van der Waals surface area contributed by atoms with Crippen LogP contribution in [0.4, 0.5) is 0 Å². The maximum absolute atomic E-state index is 10.7. The number of thioether (sulfide) groups is 1. The van der Waals surface area contributed by atoms with E-state index in [2.05, 4.69) is 23.4 Å². The van der Waals surface area contributed by atoms with E-state index in [1.807, 2.05) is 6.20 Å². The molecule has 0 aliphatic heterocycles. The Bertz CT molecular complexity index is 545. The summed E-state index contributed by atoms with van der Waals surface area (Å²) in [6, 6.07) is 3.49. The minimum absolute atomic E-state index is 0.0325. The zero-order valence-corrected chi connectivity index (χ0v) is 11.0. The Morgan fingerprint density at radius 3 is 2.94 bits per heavy atom. The third kappa shape index (κ3) is 2.76. The Morgan fingerprint density at radius 2 is 2.33 bits per heavy atom. The number of carbonyl (C=O) groups is 1. The number of hydrogen-bond acceptors (Lipinski definition) is 4. The SMILES string of the molecule is CC(C)n1cncc1CSc1ccc(C(=O)O)o1. The summed E-state index contributed by atoms with van der Waals surface area (Å²) >= 11 is 1.46. The first-order valence-corrected chi connectivity index (χ1v) is 6.53. The highest BCUT2D eigenvalue weighted by atomic mass is 32.2. The van der Waals surface area contributed by atoms with E-state index in [9.17, 15) is 4.79 Å². The monoisotopic (exact) mass is 266 g/mol. The minimum Gasteiger partial charge on any atom is -0.475 e. The average Bonchev–Trinajstić information content (AvgIpc) is 2.95. The van der Waals surface area contributed by atoms with Gasteiger partial charge in [0, 0.05) is 23.7 Å². The molecule has 0 aliphatic carbocycles. The van der Waals surface area contributed by atoms with E-state index >= 15 is 0 Å². The summed E-state index contributed by atoms with van der Waals surface area (Å²) in [5, 5.41) is 9.35. The lowest BCUT2D eigenvalue weighted by Crippen LogP contribution is -2.02. The van der Waals surface area contributed by atoms with E-state index in [1.54, 1.807) is 12.4 Å². The third-order valence-electron chi connectivity index (χ3n) is 2.46. The van der Waals surface area contributed by atoms with Gasteiger partial charge in [0.2, 0.25) is 5.76 Å². The number of hydrogen-bond donors (Lipinski definition) is 1. The molecule has 0 radical (unpaired) electrons. The molecule has 0 amide bonds. The number of aromatic nitrogens is 2. The molecule has 2 heterocycles. The largest absolute Gasteiger partial charge is 0.475 e. The fraction of sp³-hybridized carbons (Fsp3) is 0.333. The van der Waals surface area contributed by atoms with Gasteiger partial charge in [-0.1, -0.05) is 11.8 Å². The predicted molar refractivity (Wildman–Crippen MR) is 67.8 cm³/mol. The first-order valence-electron chi connectivity index (χ1n) is 5.54. The topological polar surface area (TPSA) is 68.3 Å². The molecule has 0 spiro atoms. The molecule has 0 bridgehead atoms. The van der Waals surface area contributed by atoms with Gasteiger partial charge in [0.25, 0.3) is 0 Å². The van der Waals surface area contributed by atoms with Crippen LogP contribution < -0.4 is 0 Å². The molecule has 2 aromatic rings. The molecule has 0 aliphatic rings. The summed E-state index contributed by atoms with van der Waals surface area (Å²) in [5.41, 5.74) is 1.09. The second-order valence-electron chi connectivity index (χ2n) is 4.10. The van der Waals surface area contributed by atoms with Crippen LogP contribution in [0.5, 0.6) is 0 Å². The number of furan rings is 1. The molecule has 2 aromatic heterocycles. The van der Waals surface area contributed by atoms with Crippen LogP contribution >= 0.6 is 11.8 Å². The fourth-order valence-corrected chi connectivity index (χ4v) is 2.39. The molecule has 18 heavy (non-hydrogen) atoms. The van der Waals surface area contributed by atoms with E-state index in [0.29, 0.717) is 16.9 Å². The van der Waals surface area contributed by atoms with Crippen LogP contribution in [-0.4, -0.2) is 20.6 Å². The molecule has 0 aromatic carbocycles. The normalized spacial score (nSPS) is 11.1. The summed E-state index contributed by atoms with van der Waals surface area (Å²) in [7, 11) is 0. The number of rotatable bonds is 5. The summed E-state index contributed by atoms with van der Waals surface area (Å²) < 4.78 is 7.25. The van der Waals surface area contributed by atoms with Crippen molar-refractivity contribution < 1.29 is 14.3 Å².